The van der Waals surface area contributed by atoms with Gasteiger partial charge in [0.2, 0.25) is 0 Å². The van der Waals surface area contributed by atoms with E-state index in [0.29, 0.717) is 6.61 Å². The number of hydrogen-bond donors (Lipinski definition) is 2. The van der Waals surface area contributed by atoms with Gasteiger partial charge in [-0.1, -0.05) is 12.1 Å². The molecule has 1 aliphatic heterocycles. The quantitative estimate of drug-likeness (QED) is 0.402. The molecule has 26 heavy (non-hydrogen) atoms. The van der Waals surface area contributed by atoms with Crippen LogP contribution in [0.15, 0.2) is 29.3 Å². The highest BCUT2D eigenvalue weighted by atomic mass is 16.5. The topological polar surface area (TPSA) is 58.1 Å². The molecule has 2 N–H and O–H groups in total. The molecule has 0 saturated carbocycles. The minimum Gasteiger partial charge on any atom is -0.383 e. The van der Waals surface area contributed by atoms with Gasteiger partial charge in [0.1, 0.15) is 0 Å². The van der Waals surface area contributed by atoms with Crippen LogP contribution in [0.1, 0.15) is 24.8 Å². The first-order valence-electron chi connectivity index (χ1n) is 9.54. The summed E-state index contributed by atoms with van der Waals surface area (Å²) in [6, 6.07) is 8.48. The predicted octanol–water partition coefficient (Wildman–Crippen LogP) is 2.57. The summed E-state index contributed by atoms with van der Waals surface area (Å²) in [5.74, 6) is 1.72. The van der Waals surface area contributed by atoms with E-state index in [-0.39, 0.29) is 0 Å². The number of hydrogen-bond acceptors (Lipinski definition) is 4. The van der Waals surface area contributed by atoms with Crippen LogP contribution in [0.25, 0.3) is 0 Å². The highest BCUT2D eigenvalue weighted by Crippen LogP contribution is 2.18. The van der Waals surface area contributed by atoms with Crippen molar-refractivity contribution >= 4 is 11.6 Å². The Morgan fingerprint density at radius 2 is 2.00 bits per heavy atom. The zero-order valence-electron chi connectivity index (χ0n) is 16.5. The molecule has 1 aromatic rings. The number of nitrogens with zero attached hydrogens (tertiary/aromatic N) is 2. The van der Waals surface area contributed by atoms with Gasteiger partial charge in [0.05, 0.1) is 6.61 Å². The molecule has 0 unspecified atom stereocenters. The van der Waals surface area contributed by atoms with Gasteiger partial charge in [0.25, 0.3) is 0 Å². The molecule has 0 aliphatic carbocycles. The molecule has 6 nitrogen and oxygen atoms in total. The maximum absolute atomic E-state index is 5.44. The molecule has 0 radical (unpaired) electrons. The molecule has 6 heteroatoms. The second-order valence-corrected chi connectivity index (χ2v) is 6.78. The summed E-state index contributed by atoms with van der Waals surface area (Å²) >= 11 is 0. The van der Waals surface area contributed by atoms with E-state index in [4.69, 9.17) is 9.47 Å². The van der Waals surface area contributed by atoms with E-state index in [9.17, 15) is 0 Å². The fourth-order valence-corrected chi connectivity index (χ4v) is 3.12. The third kappa shape index (κ3) is 7.22. The first-order valence-corrected chi connectivity index (χ1v) is 9.54. The van der Waals surface area contributed by atoms with Crippen molar-refractivity contribution in [3.63, 3.8) is 0 Å². The van der Waals surface area contributed by atoms with E-state index in [1.54, 1.807) is 7.11 Å². The van der Waals surface area contributed by atoms with Gasteiger partial charge in [-0.3, -0.25) is 4.99 Å². The lowest BCUT2D eigenvalue weighted by Gasteiger charge is -2.26. The van der Waals surface area contributed by atoms with Gasteiger partial charge in [-0.25, -0.2) is 0 Å². The van der Waals surface area contributed by atoms with E-state index >= 15 is 0 Å². The lowest BCUT2D eigenvalue weighted by Crippen LogP contribution is -2.39. The Labute approximate surface area is 158 Å². The fourth-order valence-electron chi connectivity index (χ4n) is 3.12. The van der Waals surface area contributed by atoms with Gasteiger partial charge in [0.15, 0.2) is 5.96 Å². The lowest BCUT2D eigenvalue weighted by molar-refractivity contribution is 0.0625. The standard InChI is InChI=1S/C20H34N4O2/c1-21-20(24(2)12-8-17-9-13-26-14-10-17)23-16-18-4-6-19(7-5-18)22-11-15-25-3/h4-7,17,22H,8-16H2,1-3H3,(H,21,23). The summed E-state index contributed by atoms with van der Waals surface area (Å²) in [4.78, 5) is 6.63. The Hall–Kier alpha value is -1.79. The third-order valence-corrected chi connectivity index (χ3v) is 4.83. The average molecular weight is 363 g/mol. The van der Waals surface area contributed by atoms with Crippen LogP contribution in [0.4, 0.5) is 5.69 Å². The van der Waals surface area contributed by atoms with Crippen LogP contribution < -0.4 is 10.6 Å². The van der Waals surface area contributed by atoms with Crippen molar-refractivity contribution in [3.05, 3.63) is 29.8 Å². The van der Waals surface area contributed by atoms with E-state index in [1.807, 2.05) is 7.05 Å². The fraction of sp³-hybridized carbons (Fsp3) is 0.650. The molecule has 1 fully saturated rings. The molecule has 0 amide bonds. The van der Waals surface area contributed by atoms with E-state index in [1.165, 1.54) is 24.8 Å². The smallest absolute Gasteiger partial charge is 0.193 e. The molecule has 0 atom stereocenters. The molecule has 1 aliphatic rings. The second kappa shape index (κ2) is 11.8. The highest BCUT2D eigenvalue weighted by molar-refractivity contribution is 5.79. The molecular formula is C20H34N4O2. The number of nitrogens with one attached hydrogen (secondary N) is 2. The highest BCUT2D eigenvalue weighted by Gasteiger charge is 2.15. The van der Waals surface area contributed by atoms with Gasteiger partial charge in [-0.05, 0) is 42.9 Å². The number of benzene rings is 1. The van der Waals surface area contributed by atoms with E-state index < -0.39 is 0 Å². The second-order valence-electron chi connectivity index (χ2n) is 6.78. The first-order chi connectivity index (χ1) is 12.7. The largest absolute Gasteiger partial charge is 0.383 e. The summed E-state index contributed by atoms with van der Waals surface area (Å²) in [5, 5.41) is 6.78. The van der Waals surface area contributed by atoms with Gasteiger partial charge in [-0.2, -0.15) is 0 Å². The SMILES string of the molecule is CN=C(NCc1ccc(NCCOC)cc1)N(C)CCC1CCOCC1. The van der Waals surface area contributed by atoms with Gasteiger partial charge >= 0.3 is 0 Å². The first kappa shape index (κ1) is 20.5. The molecule has 0 aromatic heterocycles. The Balaban J connectivity index is 1.73. The summed E-state index contributed by atoms with van der Waals surface area (Å²) in [6.07, 6.45) is 3.57. The average Bonchev–Trinajstić information content (AvgIpc) is 2.69. The molecule has 1 heterocycles. The van der Waals surface area contributed by atoms with Crippen molar-refractivity contribution in [1.82, 2.24) is 10.2 Å². The number of rotatable bonds is 9. The molecular weight excluding hydrogens is 328 g/mol. The van der Waals surface area contributed by atoms with E-state index in [0.717, 1.165) is 50.4 Å². The molecule has 1 aromatic carbocycles. The number of anilines is 1. The van der Waals surface area contributed by atoms with Crippen LogP contribution in [0.2, 0.25) is 0 Å². The van der Waals surface area contributed by atoms with Gasteiger partial charge < -0.3 is 25.0 Å². The normalized spacial score (nSPS) is 15.7. The number of guanidine groups is 1. The molecule has 0 bridgehead atoms. The van der Waals surface area contributed by atoms with Crippen molar-refractivity contribution in [3.8, 4) is 0 Å². The number of aliphatic imine (C=N–C) groups is 1. The Morgan fingerprint density at radius 1 is 1.27 bits per heavy atom. The summed E-state index contributed by atoms with van der Waals surface area (Å²) in [5.41, 5.74) is 2.35. The van der Waals surface area contributed by atoms with Crippen molar-refractivity contribution in [1.29, 1.82) is 0 Å². The van der Waals surface area contributed by atoms with Crippen LogP contribution in [0.5, 0.6) is 0 Å². The maximum atomic E-state index is 5.44. The molecule has 1 saturated heterocycles. The maximum Gasteiger partial charge on any atom is 0.193 e. The summed E-state index contributed by atoms with van der Waals surface area (Å²) < 4.78 is 10.5. The van der Waals surface area contributed by atoms with Crippen molar-refractivity contribution in [2.45, 2.75) is 25.8 Å². The van der Waals surface area contributed by atoms with Crippen LogP contribution in [-0.4, -0.2) is 65.0 Å². The molecule has 146 valence electrons. The number of methoxy groups -OCH3 is 1. The van der Waals surface area contributed by atoms with Gasteiger partial charge in [-0.15, -0.1) is 0 Å². The molecule has 0 spiro atoms. The lowest BCUT2D eigenvalue weighted by atomic mass is 9.96. The number of ether oxygens (including phenoxy) is 2. The third-order valence-electron chi connectivity index (χ3n) is 4.83. The Morgan fingerprint density at radius 3 is 2.65 bits per heavy atom. The minimum atomic E-state index is 0.708. The van der Waals surface area contributed by atoms with Crippen molar-refractivity contribution in [2.75, 3.05) is 59.4 Å². The summed E-state index contributed by atoms with van der Waals surface area (Å²) in [7, 11) is 5.66. The van der Waals surface area contributed by atoms with Crippen LogP contribution in [0.3, 0.4) is 0 Å². The van der Waals surface area contributed by atoms with Crippen molar-refractivity contribution < 1.29 is 9.47 Å². The summed E-state index contributed by atoms with van der Waals surface area (Å²) in [6.45, 7) is 5.15. The van der Waals surface area contributed by atoms with E-state index in [2.05, 4.69) is 51.8 Å². The Bertz CT molecular complexity index is 527. The van der Waals surface area contributed by atoms with Crippen LogP contribution in [0, 0.1) is 5.92 Å². The Kier molecular flexibility index (Phi) is 9.28. The van der Waals surface area contributed by atoms with Crippen LogP contribution in [-0.2, 0) is 16.0 Å². The zero-order valence-corrected chi connectivity index (χ0v) is 16.5. The molecule has 2 rings (SSSR count). The van der Waals surface area contributed by atoms with Gasteiger partial charge in [0, 0.05) is 59.7 Å². The van der Waals surface area contributed by atoms with Crippen LogP contribution >= 0.6 is 0 Å². The minimum absolute atomic E-state index is 0.708. The monoisotopic (exact) mass is 362 g/mol. The predicted molar refractivity (Wildman–Crippen MR) is 108 cm³/mol. The van der Waals surface area contributed by atoms with Crippen molar-refractivity contribution in [2.24, 2.45) is 10.9 Å². The zero-order chi connectivity index (χ0) is 18.6.